The lowest BCUT2D eigenvalue weighted by atomic mass is 9.84. The van der Waals surface area contributed by atoms with Gasteiger partial charge in [0.2, 0.25) is 0 Å². The monoisotopic (exact) mass is 453 g/mol. The number of amidine groups is 1. The van der Waals surface area contributed by atoms with Gasteiger partial charge in [0.05, 0.1) is 17.0 Å². The van der Waals surface area contributed by atoms with Crippen LogP contribution in [0.25, 0.3) is 22.7 Å². The summed E-state index contributed by atoms with van der Waals surface area (Å²) < 4.78 is 30.3. The summed E-state index contributed by atoms with van der Waals surface area (Å²) in [6, 6.07) is 20.3. The minimum atomic E-state index is -0.601. The molecule has 0 fully saturated rings. The normalized spacial score (nSPS) is 12.8. The molecular weight excluding hydrogens is 435 g/mol. The molecule has 166 valence electrons. The summed E-state index contributed by atoms with van der Waals surface area (Å²) in [5.74, 6) is -0.953. The summed E-state index contributed by atoms with van der Waals surface area (Å²) in [7, 11) is 0.326. The van der Waals surface area contributed by atoms with E-state index < -0.39 is 11.6 Å². The Morgan fingerprint density at radius 1 is 0.941 bits per heavy atom. The Kier molecular flexibility index (Phi) is 5.59. The highest BCUT2D eigenvalue weighted by molar-refractivity contribution is 6.78. The second kappa shape index (κ2) is 8.86. The van der Waals surface area contributed by atoms with Crippen molar-refractivity contribution in [3.63, 3.8) is 0 Å². The molecule has 1 aliphatic rings. The predicted octanol–water partition coefficient (Wildman–Crippen LogP) is 4.49. The van der Waals surface area contributed by atoms with Gasteiger partial charge in [0, 0.05) is 23.2 Å². The van der Waals surface area contributed by atoms with Gasteiger partial charge >= 0.3 is 7.41 Å². The van der Waals surface area contributed by atoms with Crippen LogP contribution in [0.2, 0.25) is 0 Å². The highest BCUT2D eigenvalue weighted by Crippen LogP contribution is 2.27. The average Bonchev–Trinajstić information content (AvgIpc) is 3.47. The molecule has 0 radical (unpaired) electrons. The van der Waals surface area contributed by atoms with Gasteiger partial charge in [-0.25, -0.2) is 18.5 Å². The minimum absolute atomic E-state index is 0.0313. The Morgan fingerprint density at radius 2 is 1.71 bits per heavy atom. The van der Waals surface area contributed by atoms with Crippen LogP contribution in [-0.4, -0.2) is 39.0 Å². The Balaban J connectivity index is 1.48. The maximum absolute atomic E-state index is 14.6. The third-order valence-electron chi connectivity index (χ3n) is 5.45. The molecule has 9 heteroatoms. The van der Waals surface area contributed by atoms with Crippen molar-refractivity contribution >= 4 is 24.6 Å². The molecule has 0 aliphatic carbocycles. The van der Waals surface area contributed by atoms with Crippen molar-refractivity contribution in [3.8, 4) is 16.9 Å². The van der Waals surface area contributed by atoms with Crippen molar-refractivity contribution in [3.05, 3.63) is 108 Å². The van der Waals surface area contributed by atoms with Crippen molar-refractivity contribution in [2.24, 2.45) is 9.90 Å². The molecule has 0 atom stereocenters. The summed E-state index contributed by atoms with van der Waals surface area (Å²) in [5, 5.41) is 18.0. The predicted molar refractivity (Wildman–Crippen MR) is 130 cm³/mol. The molecule has 1 aromatic heterocycles. The van der Waals surface area contributed by atoms with Crippen molar-refractivity contribution in [1.82, 2.24) is 15.0 Å². The number of aromatic nitrogens is 3. The van der Waals surface area contributed by atoms with Crippen molar-refractivity contribution < 1.29 is 13.9 Å². The minimum Gasteiger partial charge on any atom is -0.508 e. The number of hydrogen-bond acceptors (Lipinski definition) is 5. The number of hydrogen-bond donors (Lipinski definition) is 1. The molecule has 0 saturated heterocycles. The third kappa shape index (κ3) is 4.03. The van der Waals surface area contributed by atoms with Crippen LogP contribution in [-0.2, 0) is 6.42 Å². The summed E-state index contributed by atoms with van der Waals surface area (Å²) in [6.07, 6.45) is 0.347. The van der Waals surface area contributed by atoms with Crippen LogP contribution in [0.4, 0.5) is 8.78 Å². The van der Waals surface area contributed by atoms with Crippen LogP contribution in [0.1, 0.15) is 16.8 Å². The van der Waals surface area contributed by atoms with Gasteiger partial charge in [-0.05, 0) is 24.3 Å². The van der Waals surface area contributed by atoms with Gasteiger partial charge < -0.3 is 10.0 Å². The second-order valence-electron chi connectivity index (χ2n) is 7.75. The average molecular weight is 453 g/mol. The topological polar surface area (TPSA) is 75.7 Å². The summed E-state index contributed by atoms with van der Waals surface area (Å²) in [4.78, 5) is 8.99. The number of nitrogens with zero attached hydrogens (tertiary/aromatic N) is 5. The number of para-hydroxylation sites is 1. The number of rotatable bonds is 6. The van der Waals surface area contributed by atoms with E-state index in [1.165, 1.54) is 22.9 Å². The van der Waals surface area contributed by atoms with Crippen molar-refractivity contribution in [1.29, 1.82) is 0 Å². The molecule has 0 unspecified atom stereocenters. The largest absolute Gasteiger partial charge is 0.508 e. The molecule has 6 nitrogen and oxygen atoms in total. The van der Waals surface area contributed by atoms with Crippen molar-refractivity contribution in [2.75, 3.05) is 0 Å². The van der Waals surface area contributed by atoms with Crippen LogP contribution < -0.4 is 0 Å². The lowest BCUT2D eigenvalue weighted by Crippen LogP contribution is -2.09. The molecule has 0 saturated carbocycles. The van der Waals surface area contributed by atoms with Crippen LogP contribution in [0.3, 0.4) is 0 Å². The first-order valence-electron chi connectivity index (χ1n) is 10.5. The first kappa shape index (κ1) is 21.5. The van der Waals surface area contributed by atoms with E-state index in [1.807, 2.05) is 30.3 Å². The molecule has 1 aliphatic heterocycles. The molecule has 0 spiro atoms. The summed E-state index contributed by atoms with van der Waals surface area (Å²) >= 11 is 0. The zero-order chi connectivity index (χ0) is 23.7. The molecule has 3 aromatic carbocycles. The molecule has 1 N–H and O–H groups in total. The molecule has 2 heterocycles. The van der Waals surface area contributed by atoms with Crippen LogP contribution in [0, 0.1) is 11.6 Å². The highest BCUT2D eigenvalue weighted by atomic mass is 19.1. The Morgan fingerprint density at radius 3 is 2.44 bits per heavy atom. The van der Waals surface area contributed by atoms with Crippen LogP contribution >= 0.6 is 0 Å². The third-order valence-corrected chi connectivity index (χ3v) is 5.45. The molecule has 0 amide bonds. The van der Waals surface area contributed by atoms with Gasteiger partial charge in [-0.3, -0.25) is 0 Å². The van der Waals surface area contributed by atoms with E-state index in [-0.39, 0.29) is 11.3 Å². The fourth-order valence-electron chi connectivity index (χ4n) is 3.83. The fraction of sp³-hybridized carbons (Fsp3) is 0.0400. The smallest absolute Gasteiger partial charge is 0.313 e. The number of aliphatic hydroxyl groups is 1. The SMILES string of the molecule is C=C(O)c1ccc(C2=NBC(Cc3nnn(-c4ccccc4F)c3-c3ccccc3)=N2)cc1F. The van der Waals surface area contributed by atoms with E-state index in [1.54, 1.807) is 24.3 Å². The van der Waals surface area contributed by atoms with Crippen LogP contribution in [0.15, 0.2) is 89.3 Å². The van der Waals surface area contributed by atoms with Crippen molar-refractivity contribution in [2.45, 2.75) is 6.42 Å². The molecular formula is C25H18BF2N5O. The number of halogens is 2. The van der Waals surface area contributed by atoms with Gasteiger partial charge in [-0.15, -0.1) is 5.10 Å². The first-order valence-corrected chi connectivity index (χ1v) is 10.5. The van der Waals surface area contributed by atoms with Gasteiger partial charge in [0.15, 0.2) is 0 Å². The van der Waals surface area contributed by atoms with Gasteiger partial charge in [0.25, 0.3) is 0 Å². The van der Waals surface area contributed by atoms with E-state index in [0.717, 1.165) is 11.2 Å². The van der Waals surface area contributed by atoms with Gasteiger partial charge in [-0.2, -0.15) is 0 Å². The Hall–Kier alpha value is -4.40. The Bertz CT molecular complexity index is 1460. The zero-order valence-electron chi connectivity index (χ0n) is 18.0. The van der Waals surface area contributed by atoms with E-state index in [9.17, 15) is 13.9 Å². The van der Waals surface area contributed by atoms with E-state index in [4.69, 9.17) is 0 Å². The lowest BCUT2D eigenvalue weighted by Gasteiger charge is -2.09. The van der Waals surface area contributed by atoms with E-state index >= 15 is 0 Å². The standard InChI is InChI=1S/C25H18BF2N5O/c1-15(34)18-12-11-17(13-20(18)28)25-29-23(26-30-25)14-21-24(16-7-3-2-4-8-16)33(32-31-21)22-10-6-5-9-19(22)27/h2-13,26,34H,1,14H2. The van der Waals surface area contributed by atoms with Gasteiger partial charge in [-0.1, -0.05) is 60.3 Å². The summed E-state index contributed by atoms with van der Waals surface area (Å²) in [5.41, 5.74) is 3.68. The number of aliphatic hydroxyl groups excluding tert-OH is 1. The fourth-order valence-corrected chi connectivity index (χ4v) is 3.83. The zero-order valence-corrected chi connectivity index (χ0v) is 18.0. The van der Waals surface area contributed by atoms with E-state index in [2.05, 4.69) is 26.8 Å². The molecule has 34 heavy (non-hydrogen) atoms. The molecule has 0 bridgehead atoms. The molecule has 4 aromatic rings. The molecule has 5 rings (SSSR count). The maximum atomic E-state index is 14.6. The maximum Gasteiger partial charge on any atom is 0.313 e. The number of aliphatic imine (C=N–C) groups is 1. The lowest BCUT2D eigenvalue weighted by molar-refractivity contribution is 0.504. The Labute approximate surface area is 194 Å². The van der Waals surface area contributed by atoms with Crippen LogP contribution in [0.5, 0.6) is 0 Å². The summed E-state index contributed by atoms with van der Waals surface area (Å²) in [6.45, 7) is 3.35. The van der Waals surface area contributed by atoms with E-state index in [0.29, 0.717) is 42.3 Å². The first-order chi connectivity index (χ1) is 16.5. The quantitative estimate of drug-likeness (QED) is 0.345. The number of benzene rings is 3. The van der Waals surface area contributed by atoms with Gasteiger partial charge in [0.1, 0.15) is 28.9 Å². The second-order valence-corrected chi connectivity index (χ2v) is 7.75. The highest BCUT2D eigenvalue weighted by Gasteiger charge is 2.22.